The molecule has 0 spiro atoms. The Hall–Kier alpha value is -2.85. The number of nitriles is 1. The minimum absolute atomic E-state index is 0.157. The van der Waals surface area contributed by atoms with E-state index in [1.165, 1.54) is 6.07 Å². The normalized spacial score (nSPS) is 15.8. The summed E-state index contributed by atoms with van der Waals surface area (Å²) in [6, 6.07) is 2.62. The fourth-order valence-corrected chi connectivity index (χ4v) is 2.66. The minimum Gasteiger partial charge on any atom is -0.387 e. The van der Waals surface area contributed by atoms with Gasteiger partial charge in [-0.05, 0) is 41.5 Å². The Kier molecular flexibility index (Phi) is 6.58. The first kappa shape index (κ1) is 24.4. The van der Waals surface area contributed by atoms with Crippen LogP contribution in [0.5, 0.6) is 0 Å². The Labute approximate surface area is 168 Å². The zero-order valence-electron chi connectivity index (χ0n) is 14.9. The Morgan fingerprint density at radius 3 is 1.65 bits per heavy atom. The summed E-state index contributed by atoms with van der Waals surface area (Å²) in [4.78, 5) is 3.03. The molecular formula is C18H11F9N2O2. The summed E-state index contributed by atoms with van der Waals surface area (Å²) < 4.78 is 116. The second-order valence-electron chi connectivity index (χ2n) is 6.36. The molecule has 2 aromatic rings. The van der Waals surface area contributed by atoms with E-state index in [1.807, 2.05) is 0 Å². The van der Waals surface area contributed by atoms with Crippen LogP contribution in [0.2, 0.25) is 0 Å². The van der Waals surface area contributed by atoms with Crippen molar-refractivity contribution in [2.24, 2.45) is 5.92 Å². The topological polar surface area (TPSA) is 77.1 Å². The van der Waals surface area contributed by atoms with Gasteiger partial charge in [0, 0.05) is 6.20 Å². The van der Waals surface area contributed by atoms with Gasteiger partial charge in [0.25, 0.3) is 0 Å². The Morgan fingerprint density at radius 1 is 0.742 bits per heavy atom. The van der Waals surface area contributed by atoms with Gasteiger partial charge in [-0.25, -0.2) is 0 Å². The molecule has 31 heavy (non-hydrogen) atoms. The van der Waals surface area contributed by atoms with Crippen molar-refractivity contribution < 1.29 is 49.7 Å². The van der Waals surface area contributed by atoms with E-state index in [1.54, 1.807) is 0 Å². The maximum absolute atomic E-state index is 13.0. The summed E-state index contributed by atoms with van der Waals surface area (Å²) in [5, 5.41) is 29.7. The molecule has 0 radical (unpaired) electrons. The number of alkyl halides is 9. The maximum Gasteiger partial charge on any atom is 0.433 e. The number of halogens is 9. The van der Waals surface area contributed by atoms with Crippen LogP contribution in [0.15, 0.2) is 36.5 Å². The zero-order chi connectivity index (χ0) is 23.8. The van der Waals surface area contributed by atoms with E-state index in [0.717, 1.165) is 6.07 Å². The van der Waals surface area contributed by atoms with Crippen LogP contribution >= 0.6 is 0 Å². The third kappa shape index (κ3) is 5.65. The van der Waals surface area contributed by atoms with E-state index in [0.29, 0.717) is 12.3 Å². The lowest BCUT2D eigenvalue weighted by Crippen LogP contribution is -2.21. The highest BCUT2D eigenvalue weighted by atomic mass is 19.4. The predicted molar refractivity (Wildman–Crippen MR) is 84.7 cm³/mol. The van der Waals surface area contributed by atoms with Crippen LogP contribution in [-0.4, -0.2) is 15.2 Å². The molecule has 1 aromatic heterocycles. The van der Waals surface area contributed by atoms with Gasteiger partial charge >= 0.3 is 18.5 Å². The Bertz CT molecular complexity index is 945. The van der Waals surface area contributed by atoms with Gasteiger partial charge in [0.15, 0.2) is 0 Å². The van der Waals surface area contributed by atoms with Crippen LogP contribution in [0, 0.1) is 17.2 Å². The summed E-state index contributed by atoms with van der Waals surface area (Å²) in [6.45, 7) is 0. The molecule has 2 rings (SSSR count). The molecule has 168 valence electrons. The smallest absolute Gasteiger partial charge is 0.387 e. The van der Waals surface area contributed by atoms with Gasteiger partial charge < -0.3 is 10.2 Å². The Morgan fingerprint density at radius 2 is 1.23 bits per heavy atom. The van der Waals surface area contributed by atoms with Crippen molar-refractivity contribution in [2.45, 2.75) is 30.7 Å². The van der Waals surface area contributed by atoms with E-state index in [9.17, 15) is 55.0 Å². The number of aliphatic hydroxyl groups is 2. The van der Waals surface area contributed by atoms with Crippen LogP contribution in [0.4, 0.5) is 39.5 Å². The lowest BCUT2D eigenvalue weighted by Gasteiger charge is -2.24. The largest absolute Gasteiger partial charge is 0.433 e. The molecule has 0 bridgehead atoms. The summed E-state index contributed by atoms with van der Waals surface area (Å²) in [5.41, 5.74) is -6.58. The van der Waals surface area contributed by atoms with Crippen molar-refractivity contribution in [2.75, 3.05) is 0 Å². The number of benzene rings is 1. The number of rotatable bonds is 4. The average molecular weight is 458 g/mol. The molecule has 0 aliphatic carbocycles. The average Bonchev–Trinajstić information content (AvgIpc) is 2.66. The molecule has 0 amide bonds. The van der Waals surface area contributed by atoms with Crippen LogP contribution in [0.25, 0.3) is 0 Å². The van der Waals surface area contributed by atoms with Gasteiger partial charge in [-0.15, -0.1) is 0 Å². The highest BCUT2D eigenvalue weighted by Gasteiger charge is 2.39. The first-order valence-corrected chi connectivity index (χ1v) is 8.14. The standard InChI is InChI=1S/C18H11F9N2O2/c19-16(20,21)10-3-9(4-11(6-10)17(22,23)24)15(31)12(7-28)14(30)8-1-2-29-13(5-8)18(25,26)27/h1-6,12,14-15,30-31H. The van der Waals surface area contributed by atoms with Gasteiger partial charge in [0.2, 0.25) is 0 Å². The molecule has 1 heterocycles. The fourth-order valence-electron chi connectivity index (χ4n) is 2.66. The van der Waals surface area contributed by atoms with Crippen molar-refractivity contribution in [3.05, 3.63) is 64.5 Å². The molecule has 3 unspecified atom stereocenters. The fraction of sp³-hybridized carbons (Fsp3) is 0.333. The van der Waals surface area contributed by atoms with Crippen molar-refractivity contribution in [1.82, 2.24) is 4.98 Å². The maximum atomic E-state index is 13.0. The lowest BCUT2D eigenvalue weighted by atomic mass is 9.87. The molecule has 13 heteroatoms. The number of aromatic nitrogens is 1. The third-order valence-electron chi connectivity index (χ3n) is 4.20. The highest BCUT2D eigenvalue weighted by molar-refractivity contribution is 5.36. The molecule has 0 aliphatic heterocycles. The summed E-state index contributed by atoms with van der Waals surface area (Å²) in [5.74, 6) is -2.10. The molecular weight excluding hydrogens is 447 g/mol. The van der Waals surface area contributed by atoms with Crippen molar-refractivity contribution in [3.8, 4) is 6.07 Å². The molecule has 0 aliphatic rings. The minimum atomic E-state index is -5.23. The molecule has 4 nitrogen and oxygen atoms in total. The quantitative estimate of drug-likeness (QED) is 0.630. The van der Waals surface area contributed by atoms with Crippen molar-refractivity contribution in [1.29, 1.82) is 5.26 Å². The summed E-state index contributed by atoms with van der Waals surface area (Å²) in [6.07, 6.45) is -19.3. The number of pyridine rings is 1. The van der Waals surface area contributed by atoms with E-state index in [-0.39, 0.29) is 18.2 Å². The van der Waals surface area contributed by atoms with Crippen LogP contribution in [0.3, 0.4) is 0 Å². The molecule has 0 saturated carbocycles. The molecule has 0 fully saturated rings. The highest BCUT2D eigenvalue weighted by Crippen LogP contribution is 2.40. The van der Waals surface area contributed by atoms with E-state index < -0.39 is 64.6 Å². The Balaban J connectivity index is 2.51. The van der Waals surface area contributed by atoms with E-state index in [2.05, 4.69) is 4.98 Å². The number of nitrogens with zero attached hydrogens (tertiary/aromatic N) is 2. The number of hydrogen-bond donors (Lipinski definition) is 2. The third-order valence-corrected chi connectivity index (χ3v) is 4.20. The number of aliphatic hydroxyl groups excluding tert-OH is 2. The lowest BCUT2D eigenvalue weighted by molar-refractivity contribution is -0.143. The van der Waals surface area contributed by atoms with Gasteiger partial charge in [0.05, 0.1) is 29.4 Å². The second kappa shape index (κ2) is 8.35. The van der Waals surface area contributed by atoms with Gasteiger partial charge in [0.1, 0.15) is 11.6 Å². The van der Waals surface area contributed by atoms with Crippen LogP contribution in [-0.2, 0) is 18.5 Å². The molecule has 0 saturated heterocycles. The first-order valence-electron chi connectivity index (χ1n) is 8.14. The summed E-state index contributed by atoms with van der Waals surface area (Å²) in [7, 11) is 0. The molecule has 1 aromatic carbocycles. The predicted octanol–water partition coefficient (Wildman–Crippen LogP) is 5.04. The van der Waals surface area contributed by atoms with Gasteiger partial charge in [-0.3, -0.25) is 4.98 Å². The second-order valence-corrected chi connectivity index (χ2v) is 6.36. The van der Waals surface area contributed by atoms with Gasteiger partial charge in [-0.1, -0.05) is 0 Å². The monoisotopic (exact) mass is 458 g/mol. The summed E-state index contributed by atoms with van der Waals surface area (Å²) >= 11 is 0. The zero-order valence-corrected chi connectivity index (χ0v) is 14.9. The van der Waals surface area contributed by atoms with E-state index >= 15 is 0 Å². The SMILES string of the molecule is N#CC(C(O)c1cc(C(F)(F)F)cc(C(F)(F)F)c1)C(O)c1ccnc(C(F)(F)F)c1. The van der Waals surface area contributed by atoms with Crippen molar-refractivity contribution in [3.63, 3.8) is 0 Å². The molecule has 2 N–H and O–H groups in total. The first-order chi connectivity index (χ1) is 14.1. The van der Waals surface area contributed by atoms with Gasteiger partial charge in [-0.2, -0.15) is 44.8 Å². The van der Waals surface area contributed by atoms with Crippen LogP contribution < -0.4 is 0 Å². The number of hydrogen-bond acceptors (Lipinski definition) is 4. The van der Waals surface area contributed by atoms with Crippen LogP contribution in [0.1, 0.15) is 40.2 Å². The van der Waals surface area contributed by atoms with E-state index in [4.69, 9.17) is 0 Å². The van der Waals surface area contributed by atoms with Crippen molar-refractivity contribution >= 4 is 0 Å². The molecule has 3 atom stereocenters.